The lowest BCUT2D eigenvalue weighted by atomic mass is 10.1. The van der Waals surface area contributed by atoms with Crippen molar-refractivity contribution in [3.63, 3.8) is 0 Å². The van der Waals surface area contributed by atoms with Gasteiger partial charge in [-0.15, -0.1) is 13.2 Å². The Hall–Kier alpha value is -4.93. The fraction of sp³-hybridized carbons (Fsp3) is 0.0769. The molecule has 37 heavy (non-hydrogen) atoms. The predicted molar refractivity (Wildman–Crippen MR) is 132 cm³/mol. The number of nitrogens with one attached hydrogen (secondary N) is 2. The first-order chi connectivity index (χ1) is 17.7. The number of halogens is 3. The van der Waals surface area contributed by atoms with Crippen molar-refractivity contribution in [2.24, 2.45) is 0 Å². The number of nitrogens with zero attached hydrogens (tertiary/aromatic N) is 4. The molecule has 8 nitrogen and oxygen atoms in total. The number of amides is 1. The molecule has 0 unspecified atom stereocenters. The monoisotopic (exact) mass is 504 g/mol. The number of alkyl halides is 3. The first-order valence-corrected chi connectivity index (χ1v) is 11.0. The Morgan fingerprint density at radius 1 is 1.05 bits per heavy atom. The number of hydrogen-bond acceptors (Lipinski definition) is 6. The SMILES string of the molecule is Cc1ccc(C(=O)Nc2cccc(OC(F)(F)F)c2)cc1Nc1nc(-c2cccnc2)cn2ccnc12. The average molecular weight is 504 g/mol. The van der Waals surface area contributed by atoms with Crippen LogP contribution in [0.25, 0.3) is 16.9 Å². The van der Waals surface area contributed by atoms with Crippen LogP contribution in [0.5, 0.6) is 5.75 Å². The number of fused-ring (bicyclic) bond motifs is 1. The van der Waals surface area contributed by atoms with Gasteiger partial charge in [0.05, 0.1) is 5.69 Å². The molecular formula is C26H19F3N6O2. The second kappa shape index (κ2) is 9.61. The molecule has 0 aliphatic carbocycles. The fourth-order valence-corrected chi connectivity index (χ4v) is 3.67. The van der Waals surface area contributed by atoms with E-state index in [2.05, 4.69) is 25.3 Å². The molecule has 5 aromatic rings. The van der Waals surface area contributed by atoms with E-state index >= 15 is 0 Å². The van der Waals surface area contributed by atoms with Gasteiger partial charge in [-0.2, -0.15) is 0 Å². The molecule has 0 aliphatic heterocycles. The minimum absolute atomic E-state index is 0.159. The van der Waals surface area contributed by atoms with Gasteiger partial charge < -0.3 is 19.8 Å². The molecule has 186 valence electrons. The van der Waals surface area contributed by atoms with E-state index in [-0.39, 0.29) is 11.3 Å². The van der Waals surface area contributed by atoms with Crippen LogP contribution in [0.3, 0.4) is 0 Å². The van der Waals surface area contributed by atoms with E-state index in [1.165, 1.54) is 12.1 Å². The lowest BCUT2D eigenvalue weighted by Crippen LogP contribution is -2.17. The molecule has 0 bridgehead atoms. The van der Waals surface area contributed by atoms with E-state index < -0.39 is 18.0 Å². The van der Waals surface area contributed by atoms with Crippen molar-refractivity contribution in [1.29, 1.82) is 0 Å². The maximum absolute atomic E-state index is 12.9. The molecule has 5 rings (SSSR count). The van der Waals surface area contributed by atoms with Crippen molar-refractivity contribution in [3.8, 4) is 17.0 Å². The summed E-state index contributed by atoms with van der Waals surface area (Å²) < 4.78 is 43.3. The highest BCUT2D eigenvalue weighted by atomic mass is 19.4. The summed E-state index contributed by atoms with van der Waals surface area (Å²) in [4.78, 5) is 26.1. The summed E-state index contributed by atoms with van der Waals surface area (Å²) in [6.45, 7) is 1.87. The molecular weight excluding hydrogens is 485 g/mol. The largest absolute Gasteiger partial charge is 0.573 e. The van der Waals surface area contributed by atoms with Gasteiger partial charge in [-0.05, 0) is 48.9 Å². The molecule has 0 fully saturated rings. The summed E-state index contributed by atoms with van der Waals surface area (Å²) in [7, 11) is 0. The Morgan fingerprint density at radius 2 is 1.92 bits per heavy atom. The highest BCUT2D eigenvalue weighted by Gasteiger charge is 2.31. The van der Waals surface area contributed by atoms with Crippen molar-refractivity contribution in [2.75, 3.05) is 10.6 Å². The van der Waals surface area contributed by atoms with Crippen molar-refractivity contribution in [2.45, 2.75) is 13.3 Å². The standard InChI is InChI=1S/C26H19F3N6O2/c1-16-7-8-17(25(36)32-19-5-2-6-20(13-19)37-26(27,28)29)12-21(16)33-23-24-31-10-11-35(24)15-22(34-23)18-4-3-9-30-14-18/h2-15H,1H3,(H,32,36)(H,33,34). The topological polar surface area (TPSA) is 93.4 Å². The summed E-state index contributed by atoms with van der Waals surface area (Å²) in [5, 5.41) is 5.86. The molecule has 1 amide bonds. The smallest absolute Gasteiger partial charge is 0.406 e. The Balaban J connectivity index is 1.42. The number of ether oxygens (including phenoxy) is 1. The van der Waals surface area contributed by atoms with Crippen LogP contribution in [0.4, 0.5) is 30.4 Å². The second-order valence-corrected chi connectivity index (χ2v) is 8.06. The van der Waals surface area contributed by atoms with Crippen LogP contribution < -0.4 is 15.4 Å². The number of aryl methyl sites for hydroxylation is 1. The third-order valence-corrected chi connectivity index (χ3v) is 5.41. The van der Waals surface area contributed by atoms with Crippen LogP contribution in [0.1, 0.15) is 15.9 Å². The number of carbonyl (C=O) groups is 1. The molecule has 11 heteroatoms. The van der Waals surface area contributed by atoms with Crippen molar-refractivity contribution < 1.29 is 22.7 Å². The van der Waals surface area contributed by atoms with Gasteiger partial charge in [0.2, 0.25) is 0 Å². The number of hydrogen-bond donors (Lipinski definition) is 2. The molecule has 0 aliphatic rings. The van der Waals surface area contributed by atoms with Crippen LogP contribution in [0.15, 0.2) is 85.6 Å². The lowest BCUT2D eigenvalue weighted by Gasteiger charge is -2.14. The zero-order chi connectivity index (χ0) is 26.0. The number of pyridine rings is 1. The minimum atomic E-state index is -4.83. The average Bonchev–Trinajstić information content (AvgIpc) is 3.34. The quantitative estimate of drug-likeness (QED) is 0.295. The van der Waals surface area contributed by atoms with E-state index in [4.69, 9.17) is 4.98 Å². The van der Waals surface area contributed by atoms with Gasteiger partial charge in [0.15, 0.2) is 11.5 Å². The van der Waals surface area contributed by atoms with Crippen molar-refractivity contribution in [1.82, 2.24) is 19.4 Å². The first kappa shape index (κ1) is 23.8. The summed E-state index contributed by atoms with van der Waals surface area (Å²) in [5.74, 6) is -0.459. The third kappa shape index (κ3) is 5.50. The van der Waals surface area contributed by atoms with Crippen LogP contribution in [0.2, 0.25) is 0 Å². The molecule has 2 N–H and O–H groups in total. The maximum atomic E-state index is 12.9. The van der Waals surface area contributed by atoms with E-state index in [1.54, 1.807) is 43.0 Å². The highest BCUT2D eigenvalue weighted by Crippen LogP contribution is 2.28. The normalized spacial score (nSPS) is 11.4. The molecule has 0 spiro atoms. The van der Waals surface area contributed by atoms with Gasteiger partial charge in [-0.1, -0.05) is 12.1 Å². The van der Waals surface area contributed by atoms with Gasteiger partial charge in [0.25, 0.3) is 5.91 Å². The predicted octanol–water partition coefficient (Wildman–Crippen LogP) is 5.99. The maximum Gasteiger partial charge on any atom is 0.573 e. The summed E-state index contributed by atoms with van der Waals surface area (Å²) in [5.41, 5.74) is 3.99. The molecule has 2 aromatic carbocycles. The number of anilines is 3. The Labute approximate surface area is 208 Å². The second-order valence-electron chi connectivity index (χ2n) is 8.06. The van der Waals surface area contributed by atoms with E-state index in [0.717, 1.165) is 23.3 Å². The number of benzene rings is 2. The van der Waals surface area contributed by atoms with Crippen LogP contribution in [-0.2, 0) is 0 Å². The number of imidazole rings is 1. The Morgan fingerprint density at radius 3 is 2.70 bits per heavy atom. The zero-order valence-electron chi connectivity index (χ0n) is 19.3. The third-order valence-electron chi connectivity index (χ3n) is 5.41. The molecule has 0 saturated carbocycles. The summed E-state index contributed by atoms with van der Waals surface area (Å²) >= 11 is 0. The van der Waals surface area contributed by atoms with Gasteiger partial charge in [-0.25, -0.2) is 9.97 Å². The molecule has 0 radical (unpaired) electrons. The van der Waals surface area contributed by atoms with Gasteiger partial charge in [0, 0.05) is 59.6 Å². The van der Waals surface area contributed by atoms with Crippen molar-refractivity contribution in [3.05, 3.63) is 96.7 Å². The van der Waals surface area contributed by atoms with Crippen LogP contribution in [-0.4, -0.2) is 31.6 Å². The van der Waals surface area contributed by atoms with Gasteiger partial charge in [0.1, 0.15) is 5.75 Å². The number of carbonyl (C=O) groups excluding carboxylic acids is 1. The fourth-order valence-electron chi connectivity index (χ4n) is 3.67. The van der Waals surface area contributed by atoms with Crippen molar-refractivity contribution >= 4 is 28.7 Å². The molecule has 0 saturated heterocycles. The van der Waals surface area contributed by atoms with Crippen LogP contribution >= 0.6 is 0 Å². The van der Waals surface area contributed by atoms with Gasteiger partial charge >= 0.3 is 6.36 Å². The summed E-state index contributed by atoms with van der Waals surface area (Å²) in [6.07, 6.45) is 3.86. The van der Waals surface area contributed by atoms with E-state index in [0.29, 0.717) is 22.8 Å². The molecule has 3 heterocycles. The van der Waals surface area contributed by atoms with Gasteiger partial charge in [-0.3, -0.25) is 9.78 Å². The molecule has 0 atom stereocenters. The summed E-state index contributed by atoms with van der Waals surface area (Å²) in [6, 6.07) is 13.8. The zero-order valence-corrected chi connectivity index (χ0v) is 19.3. The Kier molecular flexibility index (Phi) is 6.18. The lowest BCUT2D eigenvalue weighted by molar-refractivity contribution is -0.274. The molecule has 3 aromatic heterocycles. The number of rotatable bonds is 6. The number of aromatic nitrogens is 4. The minimum Gasteiger partial charge on any atom is -0.406 e. The first-order valence-electron chi connectivity index (χ1n) is 11.0. The van der Waals surface area contributed by atoms with Crippen LogP contribution in [0, 0.1) is 6.92 Å². The Bertz CT molecular complexity index is 1580. The highest BCUT2D eigenvalue weighted by molar-refractivity contribution is 6.05. The van der Waals surface area contributed by atoms with E-state index in [9.17, 15) is 18.0 Å². The van der Waals surface area contributed by atoms with E-state index in [1.807, 2.05) is 29.7 Å².